The van der Waals surface area contributed by atoms with Crippen LogP contribution >= 0.6 is 11.6 Å². The van der Waals surface area contributed by atoms with Gasteiger partial charge in [-0.1, -0.05) is 29.8 Å². The van der Waals surface area contributed by atoms with Gasteiger partial charge in [0.25, 0.3) is 5.91 Å². The number of amides is 3. The van der Waals surface area contributed by atoms with Crippen molar-refractivity contribution in [3.8, 4) is 0 Å². The molecule has 1 aromatic carbocycles. The Kier molecular flexibility index (Phi) is 4.81. The smallest absolute Gasteiger partial charge is 0.295 e. The summed E-state index contributed by atoms with van der Waals surface area (Å²) in [5, 5.41) is 0.492. The van der Waals surface area contributed by atoms with Crippen LogP contribution in [-0.4, -0.2) is 29.3 Å². The number of hydrogen-bond acceptors (Lipinski definition) is 4. The number of benzene rings is 1. The van der Waals surface area contributed by atoms with Crippen molar-refractivity contribution in [2.24, 2.45) is 11.8 Å². The van der Waals surface area contributed by atoms with Gasteiger partial charge in [-0.15, -0.1) is 0 Å². The Labute approximate surface area is 167 Å². The van der Waals surface area contributed by atoms with Gasteiger partial charge in [-0.25, -0.2) is 0 Å². The zero-order chi connectivity index (χ0) is 19.8. The van der Waals surface area contributed by atoms with Gasteiger partial charge in [-0.3, -0.25) is 24.2 Å². The minimum Gasteiger partial charge on any atom is -0.459 e. The van der Waals surface area contributed by atoms with E-state index in [4.69, 9.17) is 16.0 Å². The molecule has 1 saturated heterocycles. The van der Waals surface area contributed by atoms with Crippen LogP contribution in [0.4, 0.5) is 5.69 Å². The molecule has 0 radical (unpaired) electrons. The predicted octanol–water partition coefficient (Wildman–Crippen LogP) is 3.80. The van der Waals surface area contributed by atoms with E-state index in [2.05, 4.69) is 0 Å². The summed E-state index contributed by atoms with van der Waals surface area (Å²) in [7, 11) is 0. The molecule has 1 aliphatic carbocycles. The molecule has 2 aromatic rings. The number of likely N-dealkylation sites (tertiary alicyclic amines) is 1. The third-order valence-corrected chi connectivity index (χ3v) is 5.73. The van der Waals surface area contributed by atoms with Crippen LogP contribution in [0.5, 0.6) is 0 Å². The third-order valence-electron chi connectivity index (χ3n) is 5.33. The second-order valence-corrected chi connectivity index (χ2v) is 7.45. The first-order chi connectivity index (χ1) is 13.5. The first kappa shape index (κ1) is 18.5. The van der Waals surface area contributed by atoms with Gasteiger partial charge in [-0.05, 0) is 49.6 Å². The number of anilines is 1. The SMILES string of the molecule is Cc1ccc(N(CN2C(=O)[C@H]3CC=CC[C@H]3C2=O)C(=O)c2ccco2)cc1Cl. The summed E-state index contributed by atoms with van der Waals surface area (Å²) in [5.41, 5.74) is 1.35. The van der Waals surface area contributed by atoms with Crippen LogP contribution in [0.25, 0.3) is 0 Å². The number of imide groups is 1. The van der Waals surface area contributed by atoms with Crippen molar-refractivity contribution in [1.82, 2.24) is 4.90 Å². The van der Waals surface area contributed by atoms with Crippen molar-refractivity contribution in [2.75, 3.05) is 11.6 Å². The molecule has 0 bridgehead atoms. The highest BCUT2D eigenvalue weighted by atomic mass is 35.5. The van der Waals surface area contributed by atoms with Gasteiger partial charge in [0.05, 0.1) is 18.1 Å². The number of furan rings is 1. The molecule has 6 nitrogen and oxygen atoms in total. The fraction of sp³-hybridized carbons (Fsp3) is 0.286. The zero-order valence-corrected chi connectivity index (χ0v) is 16.1. The van der Waals surface area contributed by atoms with Crippen LogP contribution < -0.4 is 4.90 Å². The monoisotopic (exact) mass is 398 g/mol. The number of allylic oxidation sites excluding steroid dienone is 2. The average Bonchev–Trinajstić information content (AvgIpc) is 3.31. The normalized spacial score (nSPS) is 21.1. The second kappa shape index (κ2) is 7.28. The molecule has 3 amide bonds. The molecule has 0 N–H and O–H groups in total. The van der Waals surface area contributed by atoms with Gasteiger partial charge in [0, 0.05) is 10.7 Å². The molecule has 2 heterocycles. The van der Waals surface area contributed by atoms with Crippen LogP contribution in [0.1, 0.15) is 29.0 Å². The van der Waals surface area contributed by atoms with Gasteiger partial charge >= 0.3 is 0 Å². The number of carbonyl (C=O) groups excluding carboxylic acids is 3. The summed E-state index contributed by atoms with van der Waals surface area (Å²) in [5.74, 6) is -1.50. The van der Waals surface area contributed by atoms with Crippen molar-refractivity contribution in [3.63, 3.8) is 0 Å². The standard InChI is InChI=1S/C21H19ClN2O4/c1-13-8-9-14(11-17(13)22)23(21(27)18-7-4-10-28-18)12-24-19(25)15-5-2-3-6-16(15)20(24)26/h2-4,7-11,15-16H,5-6,12H2,1H3/t15-,16+. The van der Waals surface area contributed by atoms with E-state index in [0.29, 0.717) is 23.6 Å². The lowest BCUT2D eigenvalue weighted by atomic mass is 9.85. The number of carbonyl (C=O) groups is 3. The Balaban J connectivity index is 1.68. The van der Waals surface area contributed by atoms with Crippen molar-refractivity contribution in [3.05, 3.63) is 65.1 Å². The number of hydrogen-bond donors (Lipinski definition) is 0. The fourth-order valence-electron chi connectivity index (χ4n) is 3.70. The molecule has 1 aromatic heterocycles. The van der Waals surface area contributed by atoms with Crippen molar-refractivity contribution < 1.29 is 18.8 Å². The maximum absolute atomic E-state index is 13.0. The first-order valence-electron chi connectivity index (χ1n) is 9.09. The molecular weight excluding hydrogens is 380 g/mol. The Morgan fingerprint density at radius 2 is 1.86 bits per heavy atom. The molecular formula is C21H19ClN2O4. The van der Waals surface area contributed by atoms with Gasteiger partial charge in [0.2, 0.25) is 11.8 Å². The van der Waals surface area contributed by atoms with E-state index in [1.54, 1.807) is 30.3 Å². The molecule has 2 atom stereocenters. The summed E-state index contributed by atoms with van der Waals surface area (Å²) in [4.78, 5) is 41.2. The van der Waals surface area contributed by atoms with E-state index in [9.17, 15) is 14.4 Å². The van der Waals surface area contributed by atoms with Crippen LogP contribution in [0.3, 0.4) is 0 Å². The van der Waals surface area contributed by atoms with E-state index in [1.165, 1.54) is 16.1 Å². The Bertz CT molecular complexity index is 941. The minimum absolute atomic E-state index is 0.120. The Morgan fingerprint density at radius 1 is 1.18 bits per heavy atom. The molecule has 28 heavy (non-hydrogen) atoms. The molecule has 144 valence electrons. The number of nitrogens with zero attached hydrogens (tertiary/aromatic N) is 2. The minimum atomic E-state index is -0.446. The lowest BCUT2D eigenvalue weighted by molar-refractivity contribution is -0.139. The van der Waals surface area contributed by atoms with Crippen molar-refractivity contribution in [1.29, 1.82) is 0 Å². The summed E-state index contributed by atoms with van der Waals surface area (Å²) >= 11 is 6.24. The lowest BCUT2D eigenvalue weighted by Gasteiger charge is -2.27. The highest BCUT2D eigenvalue weighted by molar-refractivity contribution is 6.31. The second-order valence-electron chi connectivity index (χ2n) is 7.05. The predicted molar refractivity (Wildman–Crippen MR) is 104 cm³/mol. The number of rotatable bonds is 4. The van der Waals surface area contributed by atoms with Gasteiger partial charge in [0.15, 0.2) is 5.76 Å². The summed E-state index contributed by atoms with van der Waals surface area (Å²) in [6.45, 7) is 1.68. The van der Waals surface area contributed by atoms with Crippen LogP contribution in [0.15, 0.2) is 53.2 Å². The van der Waals surface area contributed by atoms with E-state index in [0.717, 1.165) is 5.56 Å². The maximum atomic E-state index is 13.0. The molecule has 0 spiro atoms. The highest BCUT2D eigenvalue weighted by Gasteiger charge is 2.48. The van der Waals surface area contributed by atoms with E-state index in [1.807, 2.05) is 19.1 Å². The first-order valence-corrected chi connectivity index (χ1v) is 9.47. The van der Waals surface area contributed by atoms with E-state index < -0.39 is 5.91 Å². The highest BCUT2D eigenvalue weighted by Crippen LogP contribution is 2.36. The molecule has 1 aliphatic heterocycles. The fourth-order valence-corrected chi connectivity index (χ4v) is 3.87. The van der Waals surface area contributed by atoms with Gasteiger partial charge in [0.1, 0.15) is 6.67 Å². The molecule has 1 fully saturated rings. The van der Waals surface area contributed by atoms with Crippen LogP contribution in [0.2, 0.25) is 5.02 Å². The van der Waals surface area contributed by atoms with E-state index >= 15 is 0 Å². The molecule has 7 heteroatoms. The van der Waals surface area contributed by atoms with Crippen LogP contribution in [0, 0.1) is 18.8 Å². The lowest BCUT2D eigenvalue weighted by Crippen LogP contribution is -2.44. The maximum Gasteiger partial charge on any atom is 0.295 e. The third kappa shape index (κ3) is 3.14. The largest absolute Gasteiger partial charge is 0.459 e. The van der Waals surface area contributed by atoms with Crippen molar-refractivity contribution in [2.45, 2.75) is 19.8 Å². The van der Waals surface area contributed by atoms with Crippen molar-refractivity contribution >= 4 is 35.0 Å². The summed E-state index contributed by atoms with van der Waals surface area (Å²) in [6.07, 6.45) is 6.37. The Morgan fingerprint density at radius 3 is 2.43 bits per heavy atom. The zero-order valence-electron chi connectivity index (χ0n) is 15.3. The van der Waals surface area contributed by atoms with Gasteiger partial charge in [-0.2, -0.15) is 0 Å². The molecule has 0 unspecified atom stereocenters. The number of halogens is 1. The molecule has 2 aliphatic rings. The summed E-state index contributed by atoms with van der Waals surface area (Å²) < 4.78 is 5.24. The topological polar surface area (TPSA) is 70.8 Å². The Hall–Kier alpha value is -2.86. The van der Waals surface area contributed by atoms with E-state index in [-0.39, 0.29) is 36.1 Å². The summed E-state index contributed by atoms with van der Waals surface area (Å²) in [6, 6.07) is 8.33. The van der Waals surface area contributed by atoms with Gasteiger partial charge < -0.3 is 4.42 Å². The molecule has 4 rings (SSSR count). The number of fused-ring (bicyclic) bond motifs is 1. The number of aryl methyl sites for hydroxylation is 1. The average molecular weight is 399 g/mol. The molecule has 0 saturated carbocycles. The quantitative estimate of drug-likeness (QED) is 0.580. The van der Waals surface area contributed by atoms with Crippen LogP contribution in [-0.2, 0) is 9.59 Å².